The van der Waals surface area contributed by atoms with Gasteiger partial charge in [0.1, 0.15) is 11.4 Å². The van der Waals surface area contributed by atoms with E-state index in [4.69, 9.17) is 4.74 Å². The monoisotopic (exact) mass is 356 g/mol. The smallest absolute Gasteiger partial charge is 0.222 e. The van der Waals surface area contributed by atoms with Gasteiger partial charge in [-0.05, 0) is 30.9 Å². The molecule has 2 amide bonds. The second kappa shape index (κ2) is 6.93. The zero-order valence-corrected chi connectivity index (χ0v) is 15.5. The van der Waals surface area contributed by atoms with E-state index in [1.54, 1.807) is 0 Å². The SMILES string of the molecule is CCC(=O)N1CCC2(CC1)C[C@@H](CC(=O)NC1CC1)c1ccccc1O2. The third kappa shape index (κ3) is 3.57. The third-order valence-electron chi connectivity index (χ3n) is 6.01. The first-order chi connectivity index (χ1) is 12.6. The van der Waals surface area contributed by atoms with Crippen LogP contribution >= 0.6 is 0 Å². The quantitative estimate of drug-likeness (QED) is 0.902. The minimum absolute atomic E-state index is 0.156. The largest absolute Gasteiger partial charge is 0.487 e. The summed E-state index contributed by atoms with van der Waals surface area (Å²) in [6.07, 6.45) is 5.84. The van der Waals surface area contributed by atoms with Crippen LogP contribution in [0, 0.1) is 0 Å². The van der Waals surface area contributed by atoms with E-state index in [0.29, 0.717) is 18.9 Å². The Hall–Kier alpha value is -2.04. The summed E-state index contributed by atoms with van der Waals surface area (Å²) in [6, 6.07) is 8.53. The summed E-state index contributed by atoms with van der Waals surface area (Å²) in [5, 5.41) is 3.12. The third-order valence-corrected chi connectivity index (χ3v) is 6.01. The number of amides is 2. The highest BCUT2D eigenvalue weighted by Gasteiger charge is 2.44. The van der Waals surface area contributed by atoms with Gasteiger partial charge in [-0.1, -0.05) is 25.1 Å². The molecule has 1 spiro atoms. The van der Waals surface area contributed by atoms with Gasteiger partial charge in [0.15, 0.2) is 0 Å². The van der Waals surface area contributed by atoms with Crippen molar-refractivity contribution in [2.75, 3.05) is 13.1 Å². The lowest BCUT2D eigenvalue weighted by molar-refractivity contribution is -0.135. The fourth-order valence-electron chi connectivity index (χ4n) is 4.36. The highest BCUT2D eigenvalue weighted by molar-refractivity contribution is 5.78. The number of piperidine rings is 1. The Balaban J connectivity index is 1.50. The zero-order chi connectivity index (χ0) is 18.1. The molecule has 5 nitrogen and oxygen atoms in total. The number of hydrogen-bond acceptors (Lipinski definition) is 3. The highest BCUT2D eigenvalue weighted by Crippen LogP contribution is 2.46. The van der Waals surface area contributed by atoms with Crippen LogP contribution in [-0.2, 0) is 9.59 Å². The number of likely N-dealkylation sites (tertiary alicyclic amines) is 1. The molecule has 26 heavy (non-hydrogen) atoms. The molecule has 5 heteroatoms. The van der Waals surface area contributed by atoms with Crippen molar-refractivity contribution >= 4 is 11.8 Å². The molecule has 1 saturated heterocycles. The Morgan fingerprint density at radius 3 is 2.65 bits per heavy atom. The van der Waals surface area contributed by atoms with Gasteiger partial charge >= 0.3 is 0 Å². The molecule has 3 aliphatic rings. The van der Waals surface area contributed by atoms with Crippen molar-refractivity contribution in [3.63, 3.8) is 0 Å². The van der Waals surface area contributed by atoms with E-state index < -0.39 is 0 Å². The molecule has 2 aliphatic heterocycles. The molecule has 1 atom stereocenters. The predicted molar refractivity (Wildman–Crippen MR) is 99.0 cm³/mol. The van der Waals surface area contributed by atoms with Crippen LogP contribution in [0.1, 0.15) is 63.4 Å². The number of benzene rings is 1. The molecular formula is C21H28N2O3. The van der Waals surface area contributed by atoms with Crippen LogP contribution in [0.15, 0.2) is 24.3 Å². The van der Waals surface area contributed by atoms with Gasteiger partial charge in [0.25, 0.3) is 0 Å². The Morgan fingerprint density at radius 1 is 1.23 bits per heavy atom. The van der Waals surface area contributed by atoms with Crippen molar-refractivity contribution in [1.82, 2.24) is 10.2 Å². The normalized spacial score (nSPS) is 23.9. The van der Waals surface area contributed by atoms with Crippen LogP contribution in [0.3, 0.4) is 0 Å². The van der Waals surface area contributed by atoms with E-state index in [2.05, 4.69) is 11.4 Å². The van der Waals surface area contributed by atoms with Gasteiger partial charge in [-0.2, -0.15) is 0 Å². The standard InChI is InChI=1S/C21H28N2O3/c1-2-20(25)23-11-9-21(10-12-23)14-15(13-19(24)22-16-7-8-16)17-5-3-4-6-18(17)26-21/h3-6,15-16H,2,7-14H2,1H3,(H,22,24)/t15-/m1/s1. The number of para-hydroxylation sites is 1. The average molecular weight is 356 g/mol. The molecule has 1 aromatic rings. The Morgan fingerprint density at radius 2 is 1.96 bits per heavy atom. The molecular weight excluding hydrogens is 328 g/mol. The van der Waals surface area contributed by atoms with Crippen LogP contribution in [-0.4, -0.2) is 41.4 Å². The number of carbonyl (C=O) groups excluding carboxylic acids is 2. The number of ether oxygens (including phenoxy) is 1. The van der Waals surface area contributed by atoms with Gasteiger partial charge in [0, 0.05) is 50.7 Å². The molecule has 1 saturated carbocycles. The van der Waals surface area contributed by atoms with E-state index in [9.17, 15) is 9.59 Å². The van der Waals surface area contributed by atoms with Crippen LogP contribution in [0.4, 0.5) is 0 Å². The summed E-state index contributed by atoms with van der Waals surface area (Å²) < 4.78 is 6.46. The summed E-state index contributed by atoms with van der Waals surface area (Å²) in [4.78, 5) is 26.4. The first-order valence-electron chi connectivity index (χ1n) is 9.94. The molecule has 140 valence electrons. The molecule has 2 heterocycles. The minimum Gasteiger partial charge on any atom is -0.487 e. The molecule has 0 unspecified atom stereocenters. The van der Waals surface area contributed by atoms with Gasteiger partial charge in [-0.25, -0.2) is 0 Å². The van der Waals surface area contributed by atoms with Gasteiger partial charge in [0.2, 0.25) is 11.8 Å². The summed E-state index contributed by atoms with van der Waals surface area (Å²) >= 11 is 0. The van der Waals surface area contributed by atoms with E-state index >= 15 is 0 Å². The fourth-order valence-corrected chi connectivity index (χ4v) is 4.36. The van der Waals surface area contributed by atoms with Crippen molar-refractivity contribution in [1.29, 1.82) is 0 Å². The maximum atomic E-state index is 12.4. The second-order valence-corrected chi connectivity index (χ2v) is 8.00. The molecule has 0 radical (unpaired) electrons. The summed E-state index contributed by atoms with van der Waals surface area (Å²) in [6.45, 7) is 3.40. The average Bonchev–Trinajstić information content (AvgIpc) is 3.45. The lowest BCUT2D eigenvalue weighted by Gasteiger charge is -2.47. The minimum atomic E-state index is -0.247. The van der Waals surface area contributed by atoms with E-state index in [0.717, 1.165) is 56.5 Å². The Bertz CT molecular complexity index is 690. The number of fused-ring (bicyclic) bond motifs is 1. The van der Waals surface area contributed by atoms with Gasteiger partial charge in [-0.15, -0.1) is 0 Å². The summed E-state index contributed by atoms with van der Waals surface area (Å²) in [5.41, 5.74) is 0.903. The second-order valence-electron chi connectivity index (χ2n) is 8.00. The molecule has 0 bridgehead atoms. The van der Waals surface area contributed by atoms with Crippen molar-refractivity contribution in [2.45, 2.75) is 69.4 Å². The van der Waals surface area contributed by atoms with Gasteiger partial charge < -0.3 is 15.0 Å². The Labute approximate surface area is 155 Å². The van der Waals surface area contributed by atoms with Crippen LogP contribution in [0.25, 0.3) is 0 Å². The van der Waals surface area contributed by atoms with Gasteiger partial charge in [0.05, 0.1) is 0 Å². The van der Waals surface area contributed by atoms with Crippen molar-refractivity contribution < 1.29 is 14.3 Å². The zero-order valence-electron chi connectivity index (χ0n) is 15.5. The first-order valence-corrected chi connectivity index (χ1v) is 9.94. The van der Waals surface area contributed by atoms with E-state index in [1.165, 1.54) is 0 Å². The van der Waals surface area contributed by atoms with E-state index in [-0.39, 0.29) is 23.3 Å². The molecule has 0 aromatic heterocycles. The topological polar surface area (TPSA) is 58.6 Å². The lowest BCUT2D eigenvalue weighted by atomic mass is 9.76. The van der Waals surface area contributed by atoms with Crippen LogP contribution < -0.4 is 10.1 Å². The van der Waals surface area contributed by atoms with Crippen LogP contribution in [0.2, 0.25) is 0 Å². The number of hydrogen-bond donors (Lipinski definition) is 1. The van der Waals surface area contributed by atoms with Gasteiger partial charge in [-0.3, -0.25) is 9.59 Å². The molecule has 1 aromatic carbocycles. The molecule has 1 aliphatic carbocycles. The van der Waals surface area contributed by atoms with Crippen LogP contribution in [0.5, 0.6) is 5.75 Å². The number of nitrogens with one attached hydrogen (secondary N) is 1. The number of rotatable bonds is 4. The Kier molecular flexibility index (Phi) is 4.63. The first kappa shape index (κ1) is 17.4. The molecule has 1 N–H and O–H groups in total. The van der Waals surface area contributed by atoms with Crippen molar-refractivity contribution in [3.05, 3.63) is 29.8 Å². The molecule has 4 rings (SSSR count). The highest BCUT2D eigenvalue weighted by atomic mass is 16.5. The lowest BCUT2D eigenvalue weighted by Crippen LogP contribution is -2.52. The fraction of sp³-hybridized carbons (Fsp3) is 0.619. The summed E-state index contributed by atoms with van der Waals surface area (Å²) in [5.74, 6) is 1.48. The van der Waals surface area contributed by atoms with Crippen molar-refractivity contribution in [3.8, 4) is 5.75 Å². The van der Waals surface area contributed by atoms with E-state index in [1.807, 2.05) is 30.0 Å². The number of carbonyl (C=O) groups is 2. The predicted octanol–water partition coefficient (Wildman–Crippen LogP) is 2.99. The molecule has 2 fully saturated rings. The maximum absolute atomic E-state index is 12.4. The maximum Gasteiger partial charge on any atom is 0.222 e. The van der Waals surface area contributed by atoms with Crippen molar-refractivity contribution in [2.24, 2.45) is 0 Å². The summed E-state index contributed by atoms with van der Waals surface area (Å²) in [7, 11) is 0. The number of nitrogens with zero attached hydrogens (tertiary/aromatic N) is 1.